The van der Waals surface area contributed by atoms with Crippen LogP contribution < -0.4 is 0 Å². The van der Waals surface area contributed by atoms with Gasteiger partial charge in [-0.05, 0) is 112 Å². The van der Waals surface area contributed by atoms with E-state index < -0.39 is 0 Å². The predicted molar refractivity (Wildman–Crippen MR) is 239 cm³/mol. The van der Waals surface area contributed by atoms with E-state index in [0.29, 0.717) is 0 Å². The highest BCUT2D eigenvalue weighted by molar-refractivity contribution is 6.17. The zero-order valence-corrected chi connectivity index (χ0v) is 30.9. The molecule has 3 nitrogen and oxygen atoms in total. The van der Waals surface area contributed by atoms with Crippen LogP contribution >= 0.6 is 0 Å². The summed E-state index contributed by atoms with van der Waals surface area (Å²) < 4.78 is 11.4. The molecule has 12 aromatic rings. The van der Waals surface area contributed by atoms with Crippen molar-refractivity contribution in [2.45, 2.75) is 0 Å². The van der Waals surface area contributed by atoms with Crippen molar-refractivity contribution in [2.75, 3.05) is 0 Å². The molecule has 3 aromatic heterocycles. The van der Waals surface area contributed by atoms with Crippen molar-refractivity contribution in [3.63, 3.8) is 0 Å². The lowest BCUT2D eigenvalue weighted by atomic mass is 9.93. The molecule has 0 radical (unpaired) electrons. The first-order chi connectivity index (χ1) is 28.3. The van der Waals surface area contributed by atoms with Gasteiger partial charge >= 0.3 is 0 Å². The predicted octanol–water partition coefficient (Wildman–Crippen LogP) is 14.8. The summed E-state index contributed by atoms with van der Waals surface area (Å²) in [5, 5.41) is 7.17. The Kier molecular flexibility index (Phi) is 6.93. The largest absolute Gasteiger partial charge is 0.456 e. The number of nitrogens with zero attached hydrogens (tertiary/aromatic N) is 2. The number of aromatic nitrogens is 2. The normalized spacial score (nSPS) is 11.9. The molecule has 0 amide bonds. The van der Waals surface area contributed by atoms with Crippen LogP contribution in [0.2, 0.25) is 0 Å². The van der Waals surface area contributed by atoms with Crippen molar-refractivity contribution in [1.29, 1.82) is 0 Å². The van der Waals surface area contributed by atoms with Gasteiger partial charge in [-0.1, -0.05) is 127 Å². The van der Waals surface area contributed by atoms with E-state index in [1.54, 1.807) is 0 Å². The Balaban J connectivity index is 1.06. The summed E-state index contributed by atoms with van der Waals surface area (Å²) in [4.78, 5) is 0. The second-order valence-corrected chi connectivity index (χ2v) is 14.9. The quantitative estimate of drug-likeness (QED) is 0.173. The minimum atomic E-state index is 0.886. The summed E-state index contributed by atoms with van der Waals surface area (Å²) in [7, 11) is 0. The van der Waals surface area contributed by atoms with Crippen LogP contribution in [-0.2, 0) is 0 Å². The molecular formula is C54H34N2O. The summed E-state index contributed by atoms with van der Waals surface area (Å²) in [6.45, 7) is 0. The van der Waals surface area contributed by atoms with E-state index in [0.717, 1.165) is 55.6 Å². The van der Waals surface area contributed by atoms with Crippen molar-refractivity contribution in [3.8, 4) is 44.8 Å². The number of fused-ring (bicyclic) bond motifs is 9. The highest BCUT2D eigenvalue weighted by Gasteiger charge is 2.19. The molecule has 0 unspecified atom stereocenters. The lowest BCUT2D eigenvalue weighted by Gasteiger charge is -2.12. The van der Waals surface area contributed by atoms with Gasteiger partial charge in [0.15, 0.2) is 0 Å². The number of hydrogen-bond acceptors (Lipinski definition) is 1. The SMILES string of the molecule is c1ccc(-c2ccc(-n3c4ccccc4c4cc(-c5cc(-c6ccc7c(c6)c6ccccc6n7-c6ccccc6)cc6oc7ccccc7c56)ccc43)cc2)cc1. The van der Waals surface area contributed by atoms with Crippen LogP contribution in [0.1, 0.15) is 0 Å². The summed E-state index contributed by atoms with van der Waals surface area (Å²) in [6, 6.07) is 74.4. The van der Waals surface area contributed by atoms with E-state index >= 15 is 0 Å². The van der Waals surface area contributed by atoms with Crippen molar-refractivity contribution in [1.82, 2.24) is 9.13 Å². The lowest BCUT2D eigenvalue weighted by molar-refractivity contribution is 0.669. The maximum absolute atomic E-state index is 6.65. The Morgan fingerprint density at radius 1 is 0.281 bits per heavy atom. The molecule has 0 atom stereocenters. The number of para-hydroxylation sites is 4. The molecule has 3 heterocycles. The van der Waals surface area contributed by atoms with Crippen LogP contribution in [-0.4, -0.2) is 9.13 Å². The highest BCUT2D eigenvalue weighted by Crippen LogP contribution is 2.43. The van der Waals surface area contributed by atoms with Crippen molar-refractivity contribution in [2.24, 2.45) is 0 Å². The molecule has 0 saturated heterocycles. The second kappa shape index (κ2) is 12.5. The number of hydrogen-bond donors (Lipinski definition) is 0. The third-order valence-corrected chi connectivity index (χ3v) is 11.7. The second-order valence-electron chi connectivity index (χ2n) is 14.9. The van der Waals surface area contributed by atoms with Crippen LogP contribution in [0.4, 0.5) is 0 Å². The van der Waals surface area contributed by atoms with Gasteiger partial charge in [0.05, 0.1) is 22.1 Å². The molecule has 3 heteroatoms. The maximum Gasteiger partial charge on any atom is 0.136 e. The summed E-state index contributed by atoms with van der Waals surface area (Å²) in [6.07, 6.45) is 0. The third kappa shape index (κ3) is 4.92. The smallest absolute Gasteiger partial charge is 0.136 e. The maximum atomic E-state index is 6.65. The minimum Gasteiger partial charge on any atom is -0.456 e. The van der Waals surface area contributed by atoms with Gasteiger partial charge in [0, 0.05) is 43.7 Å². The summed E-state index contributed by atoms with van der Waals surface area (Å²) in [5.41, 5.74) is 15.8. The van der Waals surface area contributed by atoms with E-state index in [2.05, 4.69) is 215 Å². The van der Waals surface area contributed by atoms with Gasteiger partial charge in [-0.3, -0.25) is 0 Å². The Morgan fingerprint density at radius 2 is 0.772 bits per heavy atom. The molecule has 0 aliphatic heterocycles. The molecule has 0 N–H and O–H groups in total. The molecular weight excluding hydrogens is 693 g/mol. The molecule has 0 bridgehead atoms. The number of rotatable bonds is 5. The summed E-state index contributed by atoms with van der Waals surface area (Å²) >= 11 is 0. The zero-order valence-electron chi connectivity index (χ0n) is 30.9. The van der Waals surface area contributed by atoms with Crippen LogP contribution in [0.25, 0.3) is 110 Å². The van der Waals surface area contributed by atoms with Gasteiger partial charge in [0.25, 0.3) is 0 Å². The molecule has 12 rings (SSSR count). The topological polar surface area (TPSA) is 23.0 Å². The molecule has 0 aliphatic carbocycles. The minimum absolute atomic E-state index is 0.886. The van der Waals surface area contributed by atoms with E-state index in [1.165, 1.54) is 54.7 Å². The van der Waals surface area contributed by atoms with Gasteiger partial charge in [-0.25, -0.2) is 0 Å². The van der Waals surface area contributed by atoms with Crippen LogP contribution in [0.5, 0.6) is 0 Å². The summed E-state index contributed by atoms with van der Waals surface area (Å²) in [5.74, 6) is 0. The number of benzene rings is 9. The fraction of sp³-hybridized carbons (Fsp3) is 0. The Morgan fingerprint density at radius 3 is 1.46 bits per heavy atom. The Hall–Kier alpha value is -7.62. The van der Waals surface area contributed by atoms with E-state index in [1.807, 2.05) is 0 Å². The molecule has 0 fully saturated rings. The standard InChI is InChI=1S/C54H34N2O/c1-3-13-35(14-4-1)36-23-27-41(28-24-36)56-49-21-11-8-18-43(49)47-32-38(26-30-51(47)56)45-33-39(34-53-54(45)44-19-9-12-22-52(44)57-53)37-25-29-50-46(31-37)42-17-7-10-20-48(42)55(50)40-15-5-2-6-16-40/h1-34H. The average molecular weight is 727 g/mol. The van der Waals surface area contributed by atoms with Gasteiger partial charge in [-0.2, -0.15) is 0 Å². The molecule has 0 saturated carbocycles. The molecule has 266 valence electrons. The van der Waals surface area contributed by atoms with Gasteiger partial charge in [0.2, 0.25) is 0 Å². The van der Waals surface area contributed by atoms with E-state index in [4.69, 9.17) is 4.42 Å². The third-order valence-electron chi connectivity index (χ3n) is 11.7. The van der Waals surface area contributed by atoms with Crippen LogP contribution in [0, 0.1) is 0 Å². The van der Waals surface area contributed by atoms with Crippen molar-refractivity contribution >= 4 is 65.6 Å². The van der Waals surface area contributed by atoms with Gasteiger partial charge in [0.1, 0.15) is 11.2 Å². The van der Waals surface area contributed by atoms with Crippen molar-refractivity contribution < 1.29 is 4.42 Å². The first-order valence-electron chi connectivity index (χ1n) is 19.5. The van der Waals surface area contributed by atoms with Crippen molar-refractivity contribution in [3.05, 3.63) is 206 Å². The monoisotopic (exact) mass is 726 g/mol. The number of furan rings is 1. The molecule has 0 spiro atoms. The average Bonchev–Trinajstić information content (AvgIpc) is 3.94. The first kappa shape index (κ1) is 31.7. The lowest BCUT2D eigenvalue weighted by Crippen LogP contribution is -1.93. The molecule has 0 aliphatic rings. The first-order valence-corrected chi connectivity index (χ1v) is 19.5. The van der Waals surface area contributed by atoms with Gasteiger partial charge in [-0.15, -0.1) is 0 Å². The van der Waals surface area contributed by atoms with E-state index in [9.17, 15) is 0 Å². The van der Waals surface area contributed by atoms with E-state index in [-0.39, 0.29) is 0 Å². The fourth-order valence-corrected chi connectivity index (χ4v) is 9.11. The Labute approximate surface area is 328 Å². The van der Waals surface area contributed by atoms with Crippen LogP contribution in [0.3, 0.4) is 0 Å². The molecule has 57 heavy (non-hydrogen) atoms. The zero-order chi connectivity index (χ0) is 37.5. The molecule has 9 aromatic carbocycles. The Bertz CT molecular complexity index is 3490. The fourth-order valence-electron chi connectivity index (χ4n) is 9.11. The highest BCUT2D eigenvalue weighted by atomic mass is 16.3. The van der Waals surface area contributed by atoms with Crippen LogP contribution in [0.15, 0.2) is 211 Å². The van der Waals surface area contributed by atoms with Gasteiger partial charge < -0.3 is 13.6 Å².